The maximum atomic E-state index is 12.1. The number of nitriles is 1. The molecule has 0 aromatic carbocycles. The molecule has 0 radical (unpaired) electrons. The zero-order valence-corrected chi connectivity index (χ0v) is 10.7. The van der Waals surface area contributed by atoms with Gasteiger partial charge in [0.05, 0.1) is 35.1 Å². The average Bonchev–Trinajstić information content (AvgIpc) is 2.21. The van der Waals surface area contributed by atoms with E-state index in [1.165, 1.54) is 7.11 Å². The zero-order valence-electron chi connectivity index (χ0n) is 8.51. The molecule has 1 aromatic heterocycles. The van der Waals surface area contributed by atoms with Crippen molar-refractivity contribution in [3.8, 4) is 17.6 Å². The van der Waals surface area contributed by atoms with Crippen LogP contribution in [0.3, 0.4) is 0 Å². The van der Waals surface area contributed by atoms with Gasteiger partial charge in [-0.25, -0.2) is 0 Å². The molecule has 0 bridgehead atoms. The molecule has 1 aromatic rings. The van der Waals surface area contributed by atoms with Gasteiger partial charge in [0.2, 0.25) is 0 Å². The van der Waals surface area contributed by atoms with Crippen molar-refractivity contribution in [2.24, 2.45) is 0 Å². The van der Waals surface area contributed by atoms with E-state index in [1.807, 2.05) is 6.07 Å². The SMILES string of the molecule is COc1c(OC(F)(F)F)cnc(CC#N)c1I. The molecular weight excluding hydrogens is 352 g/mol. The molecule has 0 saturated heterocycles. The first-order chi connectivity index (χ1) is 7.89. The Morgan fingerprint density at radius 3 is 2.65 bits per heavy atom. The number of methoxy groups -OCH3 is 1. The molecule has 0 saturated carbocycles. The highest BCUT2D eigenvalue weighted by atomic mass is 127. The summed E-state index contributed by atoms with van der Waals surface area (Å²) in [6, 6.07) is 1.86. The zero-order chi connectivity index (χ0) is 13.1. The Labute approximate surface area is 108 Å². The van der Waals surface area contributed by atoms with Gasteiger partial charge in [-0.2, -0.15) is 5.26 Å². The Balaban J connectivity index is 3.17. The molecule has 0 aliphatic heterocycles. The van der Waals surface area contributed by atoms with Crippen molar-refractivity contribution in [2.75, 3.05) is 7.11 Å². The Hall–Kier alpha value is -1.24. The molecule has 0 aliphatic carbocycles. The van der Waals surface area contributed by atoms with E-state index in [-0.39, 0.29) is 12.2 Å². The standard InChI is InChI=1S/C9H6F3IN2O2/c1-16-8-6(17-9(10,11)12)4-15-5(2-3-14)7(8)13/h4H,2H2,1H3. The molecule has 1 rings (SSSR count). The fraction of sp³-hybridized carbons (Fsp3) is 0.333. The van der Waals surface area contributed by atoms with Gasteiger partial charge >= 0.3 is 6.36 Å². The van der Waals surface area contributed by atoms with E-state index in [9.17, 15) is 13.2 Å². The van der Waals surface area contributed by atoms with Crippen LogP contribution >= 0.6 is 22.6 Å². The van der Waals surface area contributed by atoms with E-state index in [2.05, 4.69) is 9.72 Å². The fourth-order valence-corrected chi connectivity index (χ4v) is 1.89. The van der Waals surface area contributed by atoms with Crippen molar-refractivity contribution in [2.45, 2.75) is 12.8 Å². The maximum absolute atomic E-state index is 12.1. The summed E-state index contributed by atoms with van der Waals surface area (Å²) >= 11 is 1.76. The van der Waals surface area contributed by atoms with Crippen LogP contribution in [0.15, 0.2) is 6.20 Å². The molecule has 0 aliphatic rings. The molecule has 92 valence electrons. The van der Waals surface area contributed by atoms with Crippen molar-refractivity contribution >= 4 is 22.6 Å². The molecular formula is C9H6F3IN2O2. The van der Waals surface area contributed by atoms with E-state index >= 15 is 0 Å². The maximum Gasteiger partial charge on any atom is 0.573 e. The number of alkyl halides is 3. The van der Waals surface area contributed by atoms with Crippen LogP contribution < -0.4 is 9.47 Å². The molecule has 1 heterocycles. The summed E-state index contributed by atoms with van der Waals surface area (Å²) in [4.78, 5) is 3.73. The van der Waals surface area contributed by atoms with E-state index in [1.54, 1.807) is 22.6 Å². The van der Waals surface area contributed by atoms with Crippen molar-refractivity contribution in [1.29, 1.82) is 5.26 Å². The molecule has 0 amide bonds. The molecule has 0 atom stereocenters. The highest BCUT2D eigenvalue weighted by Crippen LogP contribution is 2.36. The van der Waals surface area contributed by atoms with Crippen molar-refractivity contribution in [3.63, 3.8) is 0 Å². The van der Waals surface area contributed by atoms with Crippen molar-refractivity contribution in [1.82, 2.24) is 4.98 Å². The number of rotatable bonds is 3. The number of pyridine rings is 1. The van der Waals surface area contributed by atoms with E-state index < -0.39 is 12.1 Å². The van der Waals surface area contributed by atoms with Crippen LogP contribution in [-0.4, -0.2) is 18.5 Å². The topological polar surface area (TPSA) is 55.1 Å². The second-order valence-corrected chi connectivity index (χ2v) is 3.88. The van der Waals surface area contributed by atoms with E-state index in [0.29, 0.717) is 9.26 Å². The molecule has 0 fully saturated rings. The minimum Gasteiger partial charge on any atom is -0.492 e. The largest absolute Gasteiger partial charge is 0.573 e. The number of hydrogen-bond acceptors (Lipinski definition) is 4. The number of aromatic nitrogens is 1. The number of hydrogen-bond donors (Lipinski definition) is 0. The van der Waals surface area contributed by atoms with E-state index in [0.717, 1.165) is 6.20 Å². The van der Waals surface area contributed by atoms with Gasteiger partial charge in [-0.3, -0.25) is 4.98 Å². The molecule has 0 N–H and O–H groups in total. The second kappa shape index (κ2) is 5.39. The predicted octanol–water partition coefficient (Wildman–Crippen LogP) is 2.66. The van der Waals surface area contributed by atoms with Crippen LogP contribution in [0, 0.1) is 14.9 Å². The fourth-order valence-electron chi connectivity index (χ4n) is 1.08. The van der Waals surface area contributed by atoms with Gasteiger partial charge in [0.25, 0.3) is 0 Å². The highest BCUT2D eigenvalue weighted by Gasteiger charge is 2.33. The summed E-state index contributed by atoms with van der Waals surface area (Å²) < 4.78 is 45.1. The van der Waals surface area contributed by atoms with Crippen LogP contribution in [0.25, 0.3) is 0 Å². The third kappa shape index (κ3) is 3.62. The van der Waals surface area contributed by atoms with Gasteiger partial charge in [0.15, 0.2) is 11.5 Å². The number of halogens is 4. The first-order valence-corrected chi connectivity index (χ1v) is 5.31. The molecule has 17 heavy (non-hydrogen) atoms. The lowest BCUT2D eigenvalue weighted by atomic mass is 10.2. The summed E-state index contributed by atoms with van der Waals surface area (Å²) in [5.41, 5.74) is 0.347. The monoisotopic (exact) mass is 358 g/mol. The Kier molecular flexibility index (Phi) is 4.39. The summed E-state index contributed by atoms with van der Waals surface area (Å²) in [5.74, 6) is -0.603. The molecule has 8 heteroatoms. The van der Waals surface area contributed by atoms with E-state index in [4.69, 9.17) is 10.00 Å². The van der Waals surface area contributed by atoms with Crippen LogP contribution in [0.4, 0.5) is 13.2 Å². The molecule has 0 unspecified atom stereocenters. The summed E-state index contributed by atoms with van der Waals surface area (Å²) in [7, 11) is 1.22. The van der Waals surface area contributed by atoms with Crippen molar-refractivity contribution < 1.29 is 22.6 Å². The van der Waals surface area contributed by atoms with Gasteiger partial charge < -0.3 is 9.47 Å². The minimum atomic E-state index is -4.81. The highest BCUT2D eigenvalue weighted by molar-refractivity contribution is 14.1. The predicted molar refractivity (Wildman–Crippen MR) is 59.5 cm³/mol. The summed E-state index contributed by atoms with van der Waals surface area (Å²) in [5, 5.41) is 8.52. The second-order valence-electron chi connectivity index (χ2n) is 2.80. The van der Waals surface area contributed by atoms with Crippen molar-refractivity contribution in [3.05, 3.63) is 15.5 Å². The summed E-state index contributed by atoms with van der Waals surface area (Å²) in [6.07, 6.45) is -3.93. The van der Waals surface area contributed by atoms with Gasteiger partial charge in [0, 0.05) is 0 Å². The Morgan fingerprint density at radius 1 is 1.53 bits per heavy atom. The Bertz CT molecular complexity index is 457. The lowest BCUT2D eigenvalue weighted by molar-refractivity contribution is -0.275. The molecule has 0 spiro atoms. The van der Waals surface area contributed by atoms with Gasteiger partial charge in [0.1, 0.15) is 0 Å². The average molecular weight is 358 g/mol. The van der Waals surface area contributed by atoms with Gasteiger partial charge in [-0.15, -0.1) is 13.2 Å². The van der Waals surface area contributed by atoms with Crippen LogP contribution in [-0.2, 0) is 6.42 Å². The first-order valence-electron chi connectivity index (χ1n) is 4.23. The summed E-state index contributed by atoms with van der Waals surface area (Å²) in [6.45, 7) is 0. The third-order valence-electron chi connectivity index (χ3n) is 1.69. The lowest BCUT2D eigenvalue weighted by Crippen LogP contribution is -2.18. The van der Waals surface area contributed by atoms with Gasteiger partial charge in [-0.1, -0.05) is 0 Å². The number of nitrogens with zero attached hydrogens (tertiary/aromatic N) is 2. The molecule has 4 nitrogen and oxygen atoms in total. The van der Waals surface area contributed by atoms with Crippen LogP contribution in [0.2, 0.25) is 0 Å². The quantitative estimate of drug-likeness (QED) is 0.780. The first kappa shape index (κ1) is 13.8. The third-order valence-corrected chi connectivity index (χ3v) is 2.80. The number of ether oxygens (including phenoxy) is 2. The van der Waals surface area contributed by atoms with Gasteiger partial charge in [-0.05, 0) is 22.6 Å². The van der Waals surface area contributed by atoms with Crippen LogP contribution in [0.1, 0.15) is 5.69 Å². The Morgan fingerprint density at radius 2 is 2.18 bits per heavy atom. The normalized spacial score (nSPS) is 10.8. The smallest absolute Gasteiger partial charge is 0.492 e. The minimum absolute atomic E-state index is 0.0130. The van der Waals surface area contributed by atoms with Crippen LogP contribution in [0.5, 0.6) is 11.5 Å². The lowest BCUT2D eigenvalue weighted by Gasteiger charge is -2.14.